The zero-order valence-corrected chi connectivity index (χ0v) is 26.0. The van der Waals surface area contributed by atoms with E-state index in [9.17, 15) is 14.4 Å². The third-order valence-corrected chi connectivity index (χ3v) is 7.85. The van der Waals surface area contributed by atoms with E-state index < -0.39 is 23.6 Å². The van der Waals surface area contributed by atoms with Crippen molar-refractivity contribution in [3.63, 3.8) is 0 Å². The van der Waals surface area contributed by atoms with Crippen LogP contribution in [0.25, 0.3) is 6.08 Å². The first-order valence-corrected chi connectivity index (χ1v) is 14.9. The Bertz CT molecular complexity index is 1500. The largest absolute Gasteiger partial charge is 0.494 e. The van der Waals surface area contributed by atoms with Crippen molar-refractivity contribution in [1.82, 2.24) is 4.90 Å². The minimum atomic E-state index is -0.565. The zero-order valence-electron chi connectivity index (χ0n) is 22.0. The second-order valence-electron chi connectivity index (χ2n) is 8.55. The van der Waals surface area contributed by atoms with Crippen LogP contribution in [0, 0.1) is 0 Å². The Morgan fingerprint density at radius 2 is 1.68 bits per heavy atom. The number of benzene rings is 3. The number of imide groups is 1. The van der Waals surface area contributed by atoms with Gasteiger partial charge >= 0.3 is 0 Å². The normalized spacial score (nSPS) is 14.0. The predicted octanol–water partition coefficient (Wildman–Crippen LogP) is 7.81. The Labute approximate surface area is 260 Å². The van der Waals surface area contributed by atoms with Gasteiger partial charge in [0.1, 0.15) is 18.9 Å². The van der Waals surface area contributed by atoms with E-state index in [1.807, 2.05) is 13.8 Å². The van der Waals surface area contributed by atoms with Crippen molar-refractivity contribution < 1.29 is 28.6 Å². The van der Waals surface area contributed by atoms with Gasteiger partial charge in [-0.2, -0.15) is 0 Å². The third-order valence-electron chi connectivity index (χ3n) is 5.67. The Hall–Kier alpha value is -3.18. The molecule has 8 nitrogen and oxygen atoms in total. The molecule has 3 aromatic rings. The molecule has 0 spiro atoms. The van der Waals surface area contributed by atoms with E-state index in [-0.39, 0.29) is 11.5 Å². The van der Waals surface area contributed by atoms with Crippen molar-refractivity contribution in [1.29, 1.82) is 0 Å². The maximum absolute atomic E-state index is 13.1. The monoisotopic (exact) mass is 678 g/mol. The van der Waals surface area contributed by atoms with E-state index in [0.29, 0.717) is 56.2 Å². The van der Waals surface area contributed by atoms with Gasteiger partial charge in [-0.25, -0.2) is 0 Å². The lowest BCUT2D eigenvalue weighted by atomic mass is 10.1. The molecule has 3 amide bonds. The average molecular weight is 680 g/mol. The Morgan fingerprint density at radius 3 is 2.37 bits per heavy atom. The number of halogens is 3. The number of carbonyl (C=O) groups excluding carboxylic acids is 3. The van der Waals surface area contributed by atoms with E-state index in [1.165, 1.54) is 0 Å². The van der Waals surface area contributed by atoms with Crippen molar-refractivity contribution in [2.24, 2.45) is 0 Å². The van der Waals surface area contributed by atoms with Gasteiger partial charge in [0.15, 0.2) is 11.5 Å². The van der Waals surface area contributed by atoms with Crippen LogP contribution in [0.3, 0.4) is 0 Å². The highest BCUT2D eigenvalue weighted by Gasteiger charge is 2.36. The number of nitrogens with zero attached hydrogens (tertiary/aromatic N) is 1. The minimum Gasteiger partial charge on any atom is -0.494 e. The number of hydrogen-bond acceptors (Lipinski definition) is 7. The summed E-state index contributed by atoms with van der Waals surface area (Å²) >= 11 is 16.5. The van der Waals surface area contributed by atoms with Crippen molar-refractivity contribution in [3.8, 4) is 17.2 Å². The molecule has 0 atom stereocenters. The number of amides is 3. The van der Waals surface area contributed by atoms with Crippen molar-refractivity contribution in [2.45, 2.75) is 20.5 Å². The fourth-order valence-electron chi connectivity index (χ4n) is 3.76. The maximum atomic E-state index is 13.1. The first-order valence-electron chi connectivity index (χ1n) is 12.5. The van der Waals surface area contributed by atoms with Crippen LogP contribution in [0.2, 0.25) is 10.0 Å². The molecule has 0 saturated carbocycles. The standard InChI is InChI=1S/C29H25BrCl2N2O6S/c1-3-38-21-9-7-20(8-10-21)33-27(35)15-34-28(36)26(41-29(34)37)12-18-11-24(39-4-2)25(14-22(18)30)40-16-17-5-6-19(31)13-23(17)32/h5-14H,3-4,15-16H2,1-2H3,(H,33,35)/b26-12+. The number of thioether (sulfide) groups is 1. The van der Waals surface area contributed by atoms with Crippen molar-refractivity contribution >= 4 is 79.7 Å². The van der Waals surface area contributed by atoms with E-state index in [1.54, 1.807) is 60.7 Å². The third kappa shape index (κ3) is 7.97. The molecule has 1 heterocycles. The molecule has 0 unspecified atom stereocenters. The average Bonchev–Trinajstić information content (AvgIpc) is 3.19. The van der Waals surface area contributed by atoms with Crippen LogP contribution in [0.4, 0.5) is 10.5 Å². The van der Waals surface area contributed by atoms with Crippen LogP contribution < -0.4 is 19.5 Å². The summed E-state index contributed by atoms with van der Waals surface area (Å²) in [4.78, 5) is 39.3. The van der Waals surface area contributed by atoms with E-state index in [0.717, 1.165) is 22.2 Å². The van der Waals surface area contributed by atoms with E-state index >= 15 is 0 Å². The molecule has 41 heavy (non-hydrogen) atoms. The lowest BCUT2D eigenvalue weighted by Gasteiger charge is -2.15. The number of hydrogen-bond donors (Lipinski definition) is 1. The first kappa shape index (κ1) is 30.8. The Kier molecular flexibility index (Phi) is 10.6. The molecule has 1 aliphatic rings. The summed E-state index contributed by atoms with van der Waals surface area (Å²) in [6.45, 7) is 4.38. The topological polar surface area (TPSA) is 94.2 Å². The molecule has 12 heteroatoms. The van der Waals surface area contributed by atoms with Gasteiger partial charge < -0.3 is 19.5 Å². The lowest BCUT2D eigenvalue weighted by molar-refractivity contribution is -0.127. The molecule has 0 aliphatic carbocycles. The number of rotatable bonds is 11. The smallest absolute Gasteiger partial charge is 0.294 e. The van der Waals surface area contributed by atoms with Gasteiger partial charge in [0, 0.05) is 25.8 Å². The maximum Gasteiger partial charge on any atom is 0.294 e. The van der Waals surface area contributed by atoms with Gasteiger partial charge in [-0.15, -0.1) is 0 Å². The Morgan fingerprint density at radius 1 is 0.976 bits per heavy atom. The van der Waals surface area contributed by atoms with Crippen molar-refractivity contribution in [2.75, 3.05) is 25.1 Å². The van der Waals surface area contributed by atoms with Gasteiger partial charge in [-0.05, 0) is 85.8 Å². The second-order valence-corrected chi connectivity index (χ2v) is 11.2. The van der Waals surface area contributed by atoms with E-state index in [4.69, 9.17) is 37.4 Å². The number of anilines is 1. The van der Waals surface area contributed by atoms with Crippen LogP contribution >= 0.6 is 50.9 Å². The number of nitrogens with one attached hydrogen (secondary N) is 1. The number of carbonyl (C=O) groups is 3. The summed E-state index contributed by atoms with van der Waals surface area (Å²) in [5, 5.41) is 3.16. The molecule has 1 saturated heterocycles. The summed E-state index contributed by atoms with van der Waals surface area (Å²) in [5.41, 5.74) is 1.86. The van der Waals surface area contributed by atoms with Gasteiger partial charge in [-0.1, -0.05) is 45.2 Å². The summed E-state index contributed by atoms with van der Waals surface area (Å²) in [6, 6.07) is 15.4. The quantitative estimate of drug-likeness (QED) is 0.207. The van der Waals surface area contributed by atoms with Crippen LogP contribution in [0.5, 0.6) is 17.2 Å². The predicted molar refractivity (Wildman–Crippen MR) is 165 cm³/mol. The lowest BCUT2D eigenvalue weighted by Crippen LogP contribution is -2.36. The highest BCUT2D eigenvalue weighted by Crippen LogP contribution is 2.39. The van der Waals surface area contributed by atoms with Gasteiger partial charge in [0.25, 0.3) is 11.1 Å². The highest BCUT2D eigenvalue weighted by atomic mass is 79.9. The summed E-state index contributed by atoms with van der Waals surface area (Å²) < 4.78 is 17.8. The molecule has 1 N–H and O–H groups in total. The molecule has 0 radical (unpaired) electrons. The van der Waals surface area contributed by atoms with Crippen molar-refractivity contribution in [3.05, 3.63) is 85.1 Å². The minimum absolute atomic E-state index is 0.175. The molecule has 4 rings (SSSR count). The summed E-state index contributed by atoms with van der Waals surface area (Å²) in [6.07, 6.45) is 1.57. The molecule has 0 aromatic heterocycles. The number of ether oxygens (including phenoxy) is 3. The molecule has 214 valence electrons. The SMILES string of the molecule is CCOc1ccc(NC(=O)CN2C(=O)S/C(=C/c3cc(OCC)c(OCc4ccc(Cl)cc4Cl)cc3Br)C2=O)cc1. The van der Waals surface area contributed by atoms with Crippen LogP contribution in [-0.2, 0) is 16.2 Å². The van der Waals surface area contributed by atoms with Gasteiger partial charge in [-0.3, -0.25) is 19.3 Å². The molecule has 3 aromatic carbocycles. The van der Waals surface area contributed by atoms with Gasteiger partial charge in [0.2, 0.25) is 5.91 Å². The Balaban J connectivity index is 1.46. The summed E-state index contributed by atoms with van der Waals surface area (Å²) in [7, 11) is 0. The molecule has 0 bridgehead atoms. The zero-order chi connectivity index (χ0) is 29.5. The molecule has 1 fully saturated rings. The first-order chi connectivity index (χ1) is 19.7. The van der Waals surface area contributed by atoms with Crippen LogP contribution in [0.15, 0.2) is 64.0 Å². The molecular weight excluding hydrogens is 655 g/mol. The van der Waals surface area contributed by atoms with Crippen LogP contribution in [-0.4, -0.2) is 41.7 Å². The molecular formula is C29H25BrCl2N2O6S. The second kappa shape index (κ2) is 14.1. The highest BCUT2D eigenvalue weighted by molar-refractivity contribution is 9.10. The van der Waals surface area contributed by atoms with Crippen LogP contribution in [0.1, 0.15) is 25.0 Å². The van der Waals surface area contributed by atoms with Gasteiger partial charge in [0.05, 0.1) is 18.1 Å². The fourth-order valence-corrected chi connectivity index (χ4v) is 5.49. The summed E-state index contributed by atoms with van der Waals surface area (Å²) in [5.74, 6) is 0.511. The molecule has 1 aliphatic heterocycles. The fraction of sp³-hybridized carbons (Fsp3) is 0.207. The van der Waals surface area contributed by atoms with E-state index in [2.05, 4.69) is 21.2 Å².